The number of nitrogens with one attached hydrogen (secondary N) is 2. The van der Waals surface area contributed by atoms with Gasteiger partial charge in [-0.3, -0.25) is 4.79 Å². The molecule has 0 bridgehead atoms. The number of carbonyl (C=O) groups is 2. The summed E-state index contributed by atoms with van der Waals surface area (Å²) >= 11 is 0. The van der Waals surface area contributed by atoms with E-state index < -0.39 is 5.97 Å². The van der Waals surface area contributed by atoms with Crippen LogP contribution in [0.3, 0.4) is 0 Å². The van der Waals surface area contributed by atoms with Crippen LogP contribution in [0.25, 0.3) is 0 Å². The van der Waals surface area contributed by atoms with Gasteiger partial charge in [0.1, 0.15) is 5.75 Å². The zero-order valence-corrected chi connectivity index (χ0v) is 11.9. The van der Waals surface area contributed by atoms with E-state index in [9.17, 15) is 9.59 Å². The summed E-state index contributed by atoms with van der Waals surface area (Å²) in [4.78, 5) is 22.0. The Morgan fingerprint density at radius 3 is 2.60 bits per heavy atom. The second-order valence-corrected chi connectivity index (χ2v) is 4.47. The molecule has 110 valence electrons. The summed E-state index contributed by atoms with van der Waals surface area (Å²) in [6.45, 7) is 4.12. The molecule has 0 heterocycles. The number of hydrogen-bond donors (Lipinski definition) is 3. The first-order valence-corrected chi connectivity index (χ1v) is 6.36. The van der Waals surface area contributed by atoms with E-state index >= 15 is 0 Å². The lowest BCUT2D eigenvalue weighted by atomic mass is 10.1. The van der Waals surface area contributed by atoms with Gasteiger partial charge in [0.2, 0.25) is 0 Å². The van der Waals surface area contributed by atoms with Crippen LogP contribution in [0, 0.1) is 13.8 Å². The van der Waals surface area contributed by atoms with Crippen molar-refractivity contribution in [3.63, 3.8) is 0 Å². The van der Waals surface area contributed by atoms with E-state index in [0.29, 0.717) is 18.7 Å². The maximum atomic E-state index is 11.7. The Balaban J connectivity index is 2.56. The van der Waals surface area contributed by atoms with Crippen molar-refractivity contribution < 1.29 is 19.4 Å². The van der Waals surface area contributed by atoms with Crippen molar-refractivity contribution in [3.8, 4) is 5.75 Å². The molecule has 0 aromatic heterocycles. The van der Waals surface area contributed by atoms with Crippen molar-refractivity contribution in [1.82, 2.24) is 5.32 Å². The number of hydrogen-bond acceptors (Lipinski definition) is 3. The van der Waals surface area contributed by atoms with Crippen molar-refractivity contribution >= 4 is 17.7 Å². The largest absolute Gasteiger partial charge is 0.496 e. The topological polar surface area (TPSA) is 87.7 Å². The fourth-order valence-electron chi connectivity index (χ4n) is 1.88. The van der Waals surface area contributed by atoms with Gasteiger partial charge in [-0.05, 0) is 31.9 Å². The van der Waals surface area contributed by atoms with Crippen LogP contribution in [0.2, 0.25) is 0 Å². The predicted molar refractivity (Wildman–Crippen MR) is 76.4 cm³/mol. The molecule has 0 fully saturated rings. The highest BCUT2D eigenvalue weighted by atomic mass is 16.5. The van der Waals surface area contributed by atoms with Gasteiger partial charge in [0, 0.05) is 24.2 Å². The standard InChI is InChI=1S/C14H20N2O4/c1-9-6-7-11(10(2)13(9)20-3)16-14(19)15-8-4-5-12(17)18/h6-7H,4-5,8H2,1-3H3,(H,17,18)(H2,15,16,19). The first-order chi connectivity index (χ1) is 9.45. The molecule has 0 saturated heterocycles. The molecule has 6 heteroatoms. The van der Waals surface area contributed by atoms with Gasteiger partial charge >= 0.3 is 12.0 Å². The van der Waals surface area contributed by atoms with E-state index in [-0.39, 0.29) is 12.5 Å². The van der Waals surface area contributed by atoms with E-state index in [0.717, 1.165) is 16.9 Å². The maximum absolute atomic E-state index is 11.7. The summed E-state index contributed by atoms with van der Waals surface area (Å²) in [7, 11) is 1.59. The summed E-state index contributed by atoms with van der Waals surface area (Å²) < 4.78 is 5.29. The smallest absolute Gasteiger partial charge is 0.319 e. The van der Waals surface area contributed by atoms with Gasteiger partial charge in [0.05, 0.1) is 7.11 Å². The number of aliphatic carboxylic acids is 1. The SMILES string of the molecule is COc1c(C)ccc(NC(=O)NCCCC(=O)O)c1C. The first kappa shape index (κ1) is 15.8. The molecule has 0 radical (unpaired) electrons. The van der Waals surface area contributed by atoms with Crippen LogP contribution < -0.4 is 15.4 Å². The lowest BCUT2D eigenvalue weighted by Gasteiger charge is -2.14. The maximum Gasteiger partial charge on any atom is 0.319 e. The van der Waals surface area contributed by atoms with Gasteiger partial charge in [0.15, 0.2) is 0 Å². The van der Waals surface area contributed by atoms with Crippen LogP contribution >= 0.6 is 0 Å². The van der Waals surface area contributed by atoms with Crippen LogP contribution in [-0.4, -0.2) is 30.8 Å². The van der Waals surface area contributed by atoms with E-state index in [1.165, 1.54) is 0 Å². The molecule has 3 N–H and O–H groups in total. The van der Waals surface area contributed by atoms with E-state index in [1.54, 1.807) is 7.11 Å². The zero-order valence-electron chi connectivity index (χ0n) is 11.9. The fraction of sp³-hybridized carbons (Fsp3) is 0.429. The summed E-state index contributed by atoms with van der Waals surface area (Å²) in [5.74, 6) is -0.125. The summed E-state index contributed by atoms with van der Waals surface area (Å²) in [5.41, 5.74) is 2.52. The molecule has 6 nitrogen and oxygen atoms in total. The van der Waals surface area contributed by atoms with Gasteiger partial charge in [-0.2, -0.15) is 0 Å². The van der Waals surface area contributed by atoms with Gasteiger partial charge in [0.25, 0.3) is 0 Å². The second-order valence-electron chi connectivity index (χ2n) is 4.47. The number of anilines is 1. The Labute approximate surface area is 118 Å². The van der Waals surface area contributed by atoms with Crippen LogP contribution in [0.1, 0.15) is 24.0 Å². The minimum absolute atomic E-state index is 0.0393. The highest BCUT2D eigenvalue weighted by molar-refractivity contribution is 5.90. The van der Waals surface area contributed by atoms with Crippen LogP contribution in [0.15, 0.2) is 12.1 Å². The average Bonchev–Trinajstić information content (AvgIpc) is 2.38. The first-order valence-electron chi connectivity index (χ1n) is 6.36. The number of benzene rings is 1. The quantitative estimate of drug-likeness (QED) is 0.698. The van der Waals surface area contributed by atoms with Crippen LogP contribution in [0.4, 0.5) is 10.5 Å². The molecule has 0 aliphatic heterocycles. The number of methoxy groups -OCH3 is 1. The monoisotopic (exact) mass is 280 g/mol. The average molecular weight is 280 g/mol. The molecule has 0 aliphatic carbocycles. The Morgan fingerprint density at radius 2 is 2.00 bits per heavy atom. The number of urea groups is 1. The summed E-state index contributed by atoms with van der Waals surface area (Å²) in [6, 6.07) is 3.32. The van der Waals surface area contributed by atoms with Crippen LogP contribution in [0.5, 0.6) is 5.75 Å². The minimum atomic E-state index is -0.869. The molecular weight excluding hydrogens is 260 g/mol. The van der Waals surface area contributed by atoms with Crippen molar-refractivity contribution in [1.29, 1.82) is 0 Å². The van der Waals surface area contributed by atoms with Gasteiger partial charge in [-0.15, -0.1) is 0 Å². The van der Waals surface area contributed by atoms with Crippen molar-refractivity contribution in [2.75, 3.05) is 19.0 Å². The lowest BCUT2D eigenvalue weighted by molar-refractivity contribution is -0.137. The van der Waals surface area contributed by atoms with E-state index in [2.05, 4.69) is 10.6 Å². The molecule has 0 aliphatic rings. The number of ether oxygens (including phenoxy) is 1. The summed E-state index contributed by atoms with van der Waals surface area (Å²) in [5, 5.41) is 13.8. The highest BCUT2D eigenvalue weighted by Crippen LogP contribution is 2.28. The molecule has 1 aromatic rings. The number of carboxylic acid groups (broad SMARTS) is 1. The predicted octanol–water partition coefficient (Wildman–Crippen LogP) is 2.30. The normalized spacial score (nSPS) is 9.95. The Hall–Kier alpha value is -2.24. The van der Waals surface area contributed by atoms with Crippen molar-refractivity contribution in [2.45, 2.75) is 26.7 Å². The van der Waals surface area contributed by atoms with Crippen LogP contribution in [-0.2, 0) is 4.79 Å². The minimum Gasteiger partial charge on any atom is -0.496 e. The molecule has 2 amide bonds. The van der Waals surface area contributed by atoms with E-state index in [1.807, 2.05) is 26.0 Å². The number of amides is 2. The Bertz CT molecular complexity index is 500. The third-order valence-electron chi connectivity index (χ3n) is 2.91. The lowest BCUT2D eigenvalue weighted by Crippen LogP contribution is -2.30. The molecule has 1 rings (SSSR count). The number of carbonyl (C=O) groups excluding carboxylic acids is 1. The van der Waals surface area contributed by atoms with Crippen molar-refractivity contribution in [2.24, 2.45) is 0 Å². The van der Waals surface area contributed by atoms with Crippen molar-refractivity contribution in [3.05, 3.63) is 23.3 Å². The number of aryl methyl sites for hydroxylation is 1. The fourth-order valence-corrected chi connectivity index (χ4v) is 1.88. The molecule has 1 aromatic carbocycles. The third kappa shape index (κ3) is 4.46. The molecular formula is C14H20N2O4. The van der Waals surface area contributed by atoms with Gasteiger partial charge in [-0.25, -0.2) is 4.79 Å². The number of rotatable bonds is 6. The molecule has 0 spiro atoms. The second kappa shape index (κ2) is 7.37. The van der Waals surface area contributed by atoms with Gasteiger partial charge < -0.3 is 20.5 Å². The number of carboxylic acids is 1. The van der Waals surface area contributed by atoms with E-state index in [4.69, 9.17) is 9.84 Å². The molecule has 0 atom stereocenters. The third-order valence-corrected chi connectivity index (χ3v) is 2.91. The Kier molecular flexibility index (Phi) is 5.83. The molecule has 20 heavy (non-hydrogen) atoms. The summed E-state index contributed by atoms with van der Waals surface area (Å²) in [6.07, 6.45) is 0.441. The highest BCUT2D eigenvalue weighted by Gasteiger charge is 2.10. The Morgan fingerprint density at radius 1 is 1.30 bits per heavy atom. The van der Waals surface area contributed by atoms with Gasteiger partial charge in [-0.1, -0.05) is 6.07 Å². The molecule has 0 unspecified atom stereocenters. The molecule has 0 saturated carbocycles. The zero-order chi connectivity index (χ0) is 15.1.